The lowest BCUT2D eigenvalue weighted by Gasteiger charge is -2.28. The molecule has 0 saturated carbocycles. The smallest absolute Gasteiger partial charge is 0.168 e. The maximum Gasteiger partial charge on any atom is 0.168 e. The molecule has 0 aliphatic heterocycles. The van der Waals surface area contributed by atoms with Crippen LogP contribution >= 0.6 is 28.6 Å². The Morgan fingerprint density at radius 3 is 1.78 bits per heavy atom. The molecular weight excluding hydrogens is 314 g/mol. The fourth-order valence-electron chi connectivity index (χ4n) is 2.14. The molecule has 0 radical (unpaired) electrons. The molecule has 0 unspecified atom stereocenters. The lowest BCUT2D eigenvalue weighted by atomic mass is 9.74. The van der Waals surface area contributed by atoms with Gasteiger partial charge in [-0.05, 0) is 43.5 Å². The average molecular weight is 337 g/mol. The third-order valence-electron chi connectivity index (χ3n) is 3.62. The van der Waals surface area contributed by atoms with Crippen molar-refractivity contribution in [2.75, 3.05) is 0 Å². The maximum absolute atomic E-state index is 12.4. The van der Waals surface area contributed by atoms with E-state index in [1.165, 1.54) is 0 Å². The molecule has 18 heavy (non-hydrogen) atoms. The molecule has 0 bridgehead atoms. The van der Waals surface area contributed by atoms with Crippen molar-refractivity contribution in [3.63, 3.8) is 0 Å². The highest BCUT2D eigenvalue weighted by Gasteiger charge is 2.33. The molecule has 0 spiro atoms. The molecule has 1 aromatic carbocycles. The van der Waals surface area contributed by atoms with Gasteiger partial charge in [0.2, 0.25) is 0 Å². The van der Waals surface area contributed by atoms with Gasteiger partial charge in [-0.25, -0.2) is 0 Å². The van der Waals surface area contributed by atoms with E-state index in [-0.39, 0.29) is 34.3 Å². The van der Waals surface area contributed by atoms with Crippen LogP contribution in [-0.2, 0) is 0 Å². The average Bonchev–Trinajstić information content (AvgIpc) is 2.33. The van der Waals surface area contributed by atoms with Gasteiger partial charge in [-0.1, -0.05) is 32.4 Å². The first-order chi connectivity index (χ1) is 7.59. The summed E-state index contributed by atoms with van der Waals surface area (Å²) in [5.41, 5.74) is 0.573. The minimum absolute atomic E-state index is 0. The molecule has 2 nitrogen and oxygen atoms in total. The molecule has 0 aromatic heterocycles. The predicted octanol–water partition coefficient (Wildman–Crippen LogP) is 5.48. The first kappa shape index (κ1) is 19.9. The molecule has 0 aliphatic rings. The Morgan fingerprint density at radius 2 is 1.44 bits per heavy atom. The van der Waals surface area contributed by atoms with Gasteiger partial charge in [-0.3, -0.25) is 4.79 Å². The largest absolute Gasteiger partial charge is 0.344 e. The Labute approximate surface area is 125 Å². The van der Waals surface area contributed by atoms with Crippen LogP contribution in [0.25, 0.3) is 0 Å². The van der Waals surface area contributed by atoms with Crippen LogP contribution in [0.5, 0.6) is 0 Å². The highest BCUT2D eigenvalue weighted by Crippen LogP contribution is 2.34. The molecule has 0 amide bonds. The number of hydrogen-bond acceptors (Lipinski definition) is 2. The van der Waals surface area contributed by atoms with Gasteiger partial charge in [0.15, 0.2) is 5.78 Å². The minimum Gasteiger partial charge on any atom is -0.344 e. The third-order valence-corrected chi connectivity index (χ3v) is 3.87. The third kappa shape index (κ3) is 4.08. The van der Waals surface area contributed by atoms with Crippen LogP contribution in [0.2, 0.25) is 5.02 Å². The number of carbonyl (C=O) groups is 1. The Bertz CT molecular complexity index is 352. The van der Waals surface area contributed by atoms with Crippen molar-refractivity contribution in [2.24, 2.45) is 5.41 Å². The second-order valence-electron chi connectivity index (χ2n) is 4.18. The van der Waals surface area contributed by atoms with Gasteiger partial charge in [0.25, 0.3) is 0 Å². The van der Waals surface area contributed by atoms with E-state index >= 15 is 0 Å². The van der Waals surface area contributed by atoms with Crippen LogP contribution in [0.1, 0.15) is 50.4 Å². The molecule has 3 N–H and O–H groups in total. The van der Waals surface area contributed by atoms with E-state index in [9.17, 15) is 4.79 Å². The van der Waals surface area contributed by atoms with Gasteiger partial charge < -0.3 is 6.15 Å². The number of benzene rings is 1. The van der Waals surface area contributed by atoms with E-state index in [0.717, 1.165) is 24.8 Å². The molecule has 0 fully saturated rings. The second kappa shape index (κ2) is 8.68. The van der Waals surface area contributed by atoms with Crippen molar-refractivity contribution in [3.8, 4) is 0 Å². The van der Waals surface area contributed by atoms with Crippen LogP contribution in [0.15, 0.2) is 24.3 Å². The number of hydrogen-bond donors (Lipinski definition) is 1. The van der Waals surface area contributed by atoms with E-state index in [0.29, 0.717) is 5.02 Å². The van der Waals surface area contributed by atoms with E-state index < -0.39 is 0 Å². The summed E-state index contributed by atoms with van der Waals surface area (Å²) in [7, 11) is 0. The molecular formula is C14H23BrClNO. The summed E-state index contributed by atoms with van der Waals surface area (Å²) in [6.45, 7) is 6.25. The molecule has 0 aliphatic carbocycles. The summed E-state index contributed by atoms with van der Waals surface area (Å²) in [4.78, 5) is 12.4. The zero-order chi connectivity index (χ0) is 12.2. The van der Waals surface area contributed by atoms with Gasteiger partial charge in [0.1, 0.15) is 0 Å². The van der Waals surface area contributed by atoms with E-state index in [4.69, 9.17) is 11.6 Å². The van der Waals surface area contributed by atoms with Crippen molar-refractivity contribution in [3.05, 3.63) is 34.9 Å². The highest BCUT2D eigenvalue weighted by molar-refractivity contribution is 8.93. The highest BCUT2D eigenvalue weighted by atomic mass is 79.9. The van der Waals surface area contributed by atoms with Crippen LogP contribution in [0.3, 0.4) is 0 Å². The second-order valence-corrected chi connectivity index (χ2v) is 4.61. The Balaban J connectivity index is 0. The van der Waals surface area contributed by atoms with Gasteiger partial charge in [0, 0.05) is 16.0 Å². The summed E-state index contributed by atoms with van der Waals surface area (Å²) in [5, 5.41) is 0.673. The zero-order valence-electron chi connectivity index (χ0n) is 11.3. The van der Waals surface area contributed by atoms with Gasteiger partial charge in [0.05, 0.1) is 0 Å². The lowest BCUT2D eigenvalue weighted by Crippen LogP contribution is -2.29. The topological polar surface area (TPSA) is 52.1 Å². The van der Waals surface area contributed by atoms with E-state index in [1.54, 1.807) is 12.1 Å². The first-order valence-corrected chi connectivity index (χ1v) is 6.27. The number of ketones is 1. The maximum atomic E-state index is 12.4. The van der Waals surface area contributed by atoms with E-state index in [1.807, 2.05) is 12.1 Å². The molecule has 4 heteroatoms. The molecule has 104 valence electrons. The van der Waals surface area contributed by atoms with Crippen LogP contribution in [-0.4, -0.2) is 5.78 Å². The Hall–Kier alpha value is -0.380. The minimum atomic E-state index is -0.201. The number of carbonyl (C=O) groups excluding carboxylic acids is 1. The molecule has 1 aromatic rings. The van der Waals surface area contributed by atoms with Crippen LogP contribution < -0.4 is 6.15 Å². The standard InChI is InChI=1S/C14H19ClO.BrH.H3N/c1-4-14(5-2,6-3)13(16)11-7-9-12(15)10-8-11;;/h7-10H,4-6H2,1-3H3;1H;1H3. The Morgan fingerprint density at radius 1 is 1.06 bits per heavy atom. The number of halogens is 2. The van der Waals surface area contributed by atoms with Crippen molar-refractivity contribution in [1.82, 2.24) is 6.15 Å². The van der Waals surface area contributed by atoms with Gasteiger partial charge in [-0.15, -0.1) is 17.0 Å². The molecule has 0 saturated heterocycles. The number of Topliss-reactive ketones (excluding diaryl/α,β-unsaturated/α-hetero) is 1. The van der Waals surface area contributed by atoms with Crippen molar-refractivity contribution in [1.29, 1.82) is 0 Å². The fraction of sp³-hybridized carbons (Fsp3) is 0.500. The van der Waals surface area contributed by atoms with Crippen LogP contribution in [0, 0.1) is 5.41 Å². The summed E-state index contributed by atoms with van der Waals surface area (Å²) in [6.07, 6.45) is 2.67. The quantitative estimate of drug-likeness (QED) is 0.724. The van der Waals surface area contributed by atoms with Gasteiger partial charge >= 0.3 is 0 Å². The molecule has 0 atom stereocenters. The van der Waals surface area contributed by atoms with Crippen molar-refractivity contribution in [2.45, 2.75) is 40.0 Å². The van der Waals surface area contributed by atoms with Gasteiger partial charge in [-0.2, -0.15) is 0 Å². The summed E-state index contributed by atoms with van der Waals surface area (Å²) in [5.74, 6) is 0.247. The monoisotopic (exact) mass is 335 g/mol. The lowest BCUT2D eigenvalue weighted by molar-refractivity contribution is 0.0766. The normalized spacial score (nSPS) is 10.2. The predicted molar refractivity (Wildman–Crippen MR) is 84.4 cm³/mol. The fourth-order valence-corrected chi connectivity index (χ4v) is 2.27. The molecule has 1 rings (SSSR count). The summed E-state index contributed by atoms with van der Waals surface area (Å²) >= 11 is 5.82. The first-order valence-electron chi connectivity index (χ1n) is 5.90. The van der Waals surface area contributed by atoms with Crippen molar-refractivity contribution < 1.29 is 4.79 Å². The summed E-state index contributed by atoms with van der Waals surface area (Å²) in [6, 6.07) is 7.20. The van der Waals surface area contributed by atoms with Crippen molar-refractivity contribution >= 4 is 34.4 Å². The number of rotatable bonds is 5. The van der Waals surface area contributed by atoms with E-state index in [2.05, 4.69) is 20.8 Å². The SMILES string of the molecule is Br.CCC(CC)(CC)C(=O)c1ccc(Cl)cc1.N. The zero-order valence-corrected chi connectivity index (χ0v) is 13.8. The summed E-state index contributed by atoms with van der Waals surface area (Å²) < 4.78 is 0. The Kier molecular flexibility index (Phi) is 9.61. The molecule has 0 heterocycles. The van der Waals surface area contributed by atoms with Crippen LogP contribution in [0.4, 0.5) is 0 Å².